The highest BCUT2D eigenvalue weighted by Crippen LogP contribution is 2.49. The van der Waals surface area contributed by atoms with Crippen molar-refractivity contribution < 1.29 is 19.5 Å². The van der Waals surface area contributed by atoms with Crippen LogP contribution in [-0.2, 0) is 14.4 Å². The predicted molar refractivity (Wildman–Crippen MR) is 74.1 cm³/mol. The van der Waals surface area contributed by atoms with E-state index in [2.05, 4.69) is 5.32 Å². The van der Waals surface area contributed by atoms with Gasteiger partial charge in [-0.2, -0.15) is 0 Å². The first-order chi connectivity index (χ1) is 9.58. The second kappa shape index (κ2) is 5.39. The number of amides is 1. The monoisotopic (exact) mass is 297 g/mol. The molecule has 0 radical (unpaired) electrons. The molecule has 1 heterocycles. The molecule has 0 aromatic rings. The van der Waals surface area contributed by atoms with Gasteiger partial charge in [0.1, 0.15) is 0 Å². The third-order valence-electron chi connectivity index (χ3n) is 5.06. The summed E-state index contributed by atoms with van der Waals surface area (Å²) in [6.45, 7) is 0. The number of thioether (sulfide) groups is 1. The number of carboxylic acids is 1. The lowest BCUT2D eigenvalue weighted by Gasteiger charge is -2.46. The van der Waals surface area contributed by atoms with Crippen LogP contribution < -0.4 is 5.32 Å². The molecule has 0 unspecified atom stereocenters. The predicted octanol–water partition coefficient (Wildman–Crippen LogP) is 1.27. The molecule has 0 aromatic heterocycles. The minimum atomic E-state index is -0.855. The lowest BCUT2D eigenvalue weighted by atomic mass is 9.58. The van der Waals surface area contributed by atoms with Crippen LogP contribution in [0.25, 0.3) is 0 Å². The number of carboxylic acid groups (broad SMARTS) is 1. The number of carbonyl (C=O) groups is 3. The standard InChI is InChI=1S/C14H19NO4S/c16-12(15-9-5-6-20-14(9)19)10-7-1-3-8(4-2-7)11(10)13(17)18/h7-11H,1-6H2,(H,15,16)(H,17,18)/t7?,8?,9-,10-,11-/m0/s1. The smallest absolute Gasteiger partial charge is 0.307 e. The molecule has 6 heteroatoms. The van der Waals surface area contributed by atoms with E-state index in [1.165, 1.54) is 11.8 Å². The van der Waals surface area contributed by atoms with Gasteiger partial charge in [0.05, 0.1) is 17.9 Å². The minimum Gasteiger partial charge on any atom is -0.481 e. The zero-order chi connectivity index (χ0) is 14.3. The second-order valence-corrected chi connectivity index (χ2v) is 7.18. The molecule has 3 saturated carbocycles. The van der Waals surface area contributed by atoms with E-state index in [4.69, 9.17) is 0 Å². The van der Waals surface area contributed by atoms with E-state index < -0.39 is 23.8 Å². The summed E-state index contributed by atoms with van der Waals surface area (Å²) in [6.07, 6.45) is 4.39. The van der Waals surface area contributed by atoms with Gasteiger partial charge in [0, 0.05) is 5.75 Å². The lowest BCUT2D eigenvalue weighted by Crippen LogP contribution is -2.53. The highest BCUT2D eigenvalue weighted by molar-refractivity contribution is 8.14. The molecule has 20 heavy (non-hydrogen) atoms. The van der Waals surface area contributed by atoms with E-state index in [1.54, 1.807) is 0 Å². The third kappa shape index (κ3) is 2.34. The molecule has 4 rings (SSSR count). The fraction of sp³-hybridized carbons (Fsp3) is 0.786. The Morgan fingerprint density at radius 2 is 1.65 bits per heavy atom. The van der Waals surface area contributed by atoms with Crippen LogP contribution in [0, 0.1) is 23.7 Å². The summed E-state index contributed by atoms with van der Waals surface area (Å²) in [7, 11) is 0. The molecule has 1 amide bonds. The average molecular weight is 297 g/mol. The van der Waals surface area contributed by atoms with Crippen molar-refractivity contribution in [3.8, 4) is 0 Å². The molecule has 4 fully saturated rings. The van der Waals surface area contributed by atoms with Gasteiger partial charge in [0.2, 0.25) is 11.0 Å². The quantitative estimate of drug-likeness (QED) is 0.819. The molecular weight excluding hydrogens is 278 g/mol. The number of aliphatic carboxylic acids is 1. The number of nitrogens with one attached hydrogen (secondary N) is 1. The zero-order valence-corrected chi connectivity index (χ0v) is 12.0. The lowest BCUT2D eigenvalue weighted by molar-refractivity contribution is -0.158. The van der Waals surface area contributed by atoms with Crippen LogP contribution in [0.2, 0.25) is 0 Å². The van der Waals surface area contributed by atoms with E-state index >= 15 is 0 Å². The van der Waals surface area contributed by atoms with Crippen molar-refractivity contribution in [1.29, 1.82) is 0 Å². The topological polar surface area (TPSA) is 83.5 Å². The molecule has 2 N–H and O–H groups in total. The Morgan fingerprint density at radius 3 is 2.15 bits per heavy atom. The van der Waals surface area contributed by atoms with Gasteiger partial charge in [-0.15, -0.1) is 0 Å². The molecule has 3 aliphatic carbocycles. The van der Waals surface area contributed by atoms with Crippen molar-refractivity contribution in [2.24, 2.45) is 23.7 Å². The third-order valence-corrected chi connectivity index (χ3v) is 6.07. The maximum absolute atomic E-state index is 12.5. The highest BCUT2D eigenvalue weighted by Gasteiger charge is 2.50. The maximum Gasteiger partial charge on any atom is 0.307 e. The van der Waals surface area contributed by atoms with Gasteiger partial charge >= 0.3 is 5.97 Å². The number of fused-ring (bicyclic) bond motifs is 3. The molecule has 4 aliphatic rings. The van der Waals surface area contributed by atoms with Crippen LogP contribution in [0.5, 0.6) is 0 Å². The van der Waals surface area contributed by atoms with E-state index in [0.717, 1.165) is 31.4 Å². The molecule has 1 saturated heterocycles. The molecule has 0 aromatic carbocycles. The number of hydrogen-bond donors (Lipinski definition) is 2. The number of rotatable bonds is 3. The Bertz CT molecular complexity index is 444. The van der Waals surface area contributed by atoms with Crippen molar-refractivity contribution in [3.05, 3.63) is 0 Å². The summed E-state index contributed by atoms with van der Waals surface area (Å²) in [5.74, 6) is -1.04. The van der Waals surface area contributed by atoms with Gasteiger partial charge in [-0.1, -0.05) is 11.8 Å². The minimum absolute atomic E-state index is 0.00574. The van der Waals surface area contributed by atoms with Gasteiger partial charge < -0.3 is 10.4 Å². The molecule has 3 atom stereocenters. The largest absolute Gasteiger partial charge is 0.481 e. The molecule has 110 valence electrons. The maximum atomic E-state index is 12.5. The van der Waals surface area contributed by atoms with Crippen molar-refractivity contribution in [1.82, 2.24) is 5.32 Å². The first kappa shape index (κ1) is 13.9. The fourth-order valence-corrected chi connectivity index (χ4v) is 5.01. The van der Waals surface area contributed by atoms with E-state index in [-0.39, 0.29) is 22.9 Å². The van der Waals surface area contributed by atoms with Crippen molar-refractivity contribution in [2.45, 2.75) is 38.1 Å². The summed E-state index contributed by atoms with van der Waals surface area (Å²) in [4.78, 5) is 35.6. The highest BCUT2D eigenvalue weighted by atomic mass is 32.2. The fourth-order valence-electron chi connectivity index (χ4n) is 4.08. The Hall–Kier alpha value is -1.04. The number of carbonyl (C=O) groups excluding carboxylic acids is 2. The first-order valence-corrected chi connectivity index (χ1v) is 8.26. The van der Waals surface area contributed by atoms with Gasteiger partial charge in [-0.25, -0.2) is 0 Å². The molecular formula is C14H19NO4S. The molecule has 2 bridgehead atoms. The van der Waals surface area contributed by atoms with E-state index in [1.807, 2.05) is 0 Å². The van der Waals surface area contributed by atoms with Crippen LogP contribution in [0.4, 0.5) is 0 Å². The van der Waals surface area contributed by atoms with E-state index in [0.29, 0.717) is 6.42 Å². The van der Waals surface area contributed by atoms with Crippen LogP contribution in [-0.4, -0.2) is 33.9 Å². The van der Waals surface area contributed by atoms with Crippen molar-refractivity contribution in [2.75, 3.05) is 5.75 Å². The van der Waals surface area contributed by atoms with Gasteiger partial charge in [0.15, 0.2) is 0 Å². The Labute approximate surface area is 121 Å². The first-order valence-electron chi connectivity index (χ1n) is 7.27. The van der Waals surface area contributed by atoms with E-state index in [9.17, 15) is 19.5 Å². The van der Waals surface area contributed by atoms with Crippen LogP contribution >= 0.6 is 11.8 Å². The van der Waals surface area contributed by atoms with Gasteiger partial charge in [-0.05, 0) is 43.9 Å². The molecule has 5 nitrogen and oxygen atoms in total. The summed E-state index contributed by atoms with van der Waals surface area (Å²) in [6, 6.07) is -0.414. The van der Waals surface area contributed by atoms with Crippen molar-refractivity contribution in [3.63, 3.8) is 0 Å². The summed E-state index contributed by atoms with van der Waals surface area (Å²) in [5, 5.41) is 12.2. The SMILES string of the molecule is O=C1SCC[C@@H]1NC(=O)[C@H]1C2CCC(CC2)[C@@H]1C(=O)O. The summed E-state index contributed by atoms with van der Waals surface area (Å²) >= 11 is 1.25. The van der Waals surface area contributed by atoms with Crippen LogP contribution in [0.1, 0.15) is 32.1 Å². The molecule has 0 spiro atoms. The Kier molecular flexibility index (Phi) is 3.75. The average Bonchev–Trinajstić information content (AvgIpc) is 2.84. The Balaban J connectivity index is 1.74. The normalized spacial score (nSPS) is 39.8. The van der Waals surface area contributed by atoms with Crippen LogP contribution in [0.3, 0.4) is 0 Å². The van der Waals surface area contributed by atoms with Gasteiger partial charge in [0.25, 0.3) is 0 Å². The number of hydrogen-bond acceptors (Lipinski definition) is 4. The van der Waals surface area contributed by atoms with Gasteiger partial charge in [-0.3, -0.25) is 14.4 Å². The van der Waals surface area contributed by atoms with Crippen molar-refractivity contribution >= 4 is 28.8 Å². The summed E-state index contributed by atoms with van der Waals surface area (Å²) in [5.41, 5.74) is 0. The van der Waals surface area contributed by atoms with Crippen LogP contribution in [0.15, 0.2) is 0 Å². The zero-order valence-electron chi connectivity index (χ0n) is 11.2. The molecule has 1 aliphatic heterocycles. The Morgan fingerprint density at radius 1 is 1.05 bits per heavy atom. The summed E-state index contributed by atoms with van der Waals surface area (Å²) < 4.78 is 0. The second-order valence-electron chi connectivity index (χ2n) is 6.08.